The molecule has 112 valence electrons. The minimum atomic E-state index is -0.274. The van der Waals surface area contributed by atoms with Crippen LogP contribution in [0.2, 0.25) is 0 Å². The summed E-state index contributed by atoms with van der Waals surface area (Å²) in [4.78, 5) is 16.9. The molecule has 0 bridgehead atoms. The Morgan fingerprint density at radius 1 is 0.870 bits per heavy atom. The van der Waals surface area contributed by atoms with Gasteiger partial charge in [0, 0.05) is 17.1 Å². The Labute approximate surface area is 131 Å². The summed E-state index contributed by atoms with van der Waals surface area (Å²) in [5, 5.41) is 8.98. The van der Waals surface area contributed by atoms with Crippen LogP contribution in [0.25, 0.3) is 16.6 Å². The number of pyridine rings is 1. The second-order valence-electron chi connectivity index (χ2n) is 5.16. The van der Waals surface area contributed by atoms with Gasteiger partial charge in [-0.3, -0.25) is 4.98 Å². The summed E-state index contributed by atoms with van der Waals surface area (Å²) < 4.78 is 2.63. The molecule has 0 aliphatic rings. The van der Waals surface area contributed by atoms with E-state index >= 15 is 0 Å². The predicted octanol–water partition coefficient (Wildman–Crippen LogP) is 2.03. The molecule has 2 aromatic carbocycles. The molecule has 4 aromatic rings. The maximum atomic E-state index is 12.5. The summed E-state index contributed by atoms with van der Waals surface area (Å²) in [5.74, 6) is 0. The number of tetrazole rings is 1. The number of aromatic nitrogens is 5. The second-order valence-corrected chi connectivity index (χ2v) is 5.16. The SMILES string of the molecule is O=c1n(Cc2cccc3cccnc23)nnn1-c1ccccc1. The first-order chi connectivity index (χ1) is 11.3. The molecule has 0 aliphatic heterocycles. The second kappa shape index (κ2) is 5.49. The van der Waals surface area contributed by atoms with E-state index in [1.807, 2.05) is 60.7 Å². The van der Waals surface area contributed by atoms with Crippen LogP contribution >= 0.6 is 0 Å². The highest BCUT2D eigenvalue weighted by Gasteiger charge is 2.10. The van der Waals surface area contributed by atoms with Crippen molar-refractivity contribution in [3.05, 3.63) is 82.9 Å². The molecule has 0 amide bonds. The molecule has 0 radical (unpaired) electrons. The first kappa shape index (κ1) is 13.4. The number of fused-ring (bicyclic) bond motifs is 1. The van der Waals surface area contributed by atoms with Crippen LogP contribution < -0.4 is 5.69 Å². The zero-order valence-electron chi connectivity index (χ0n) is 12.2. The number of para-hydroxylation sites is 2. The Bertz CT molecular complexity index is 1010. The zero-order valence-corrected chi connectivity index (χ0v) is 12.2. The van der Waals surface area contributed by atoms with Gasteiger partial charge < -0.3 is 0 Å². The highest BCUT2D eigenvalue weighted by atomic mass is 16.2. The first-order valence-corrected chi connectivity index (χ1v) is 7.24. The van der Waals surface area contributed by atoms with Crippen LogP contribution in [0.15, 0.2) is 71.7 Å². The van der Waals surface area contributed by atoms with Crippen molar-refractivity contribution in [3.8, 4) is 5.69 Å². The summed E-state index contributed by atoms with van der Waals surface area (Å²) in [6, 6.07) is 19.0. The molecular formula is C17H13N5O. The molecular weight excluding hydrogens is 290 g/mol. The van der Waals surface area contributed by atoms with E-state index in [-0.39, 0.29) is 5.69 Å². The summed E-state index contributed by atoms with van der Waals surface area (Å²) in [6.07, 6.45) is 1.75. The molecule has 0 atom stereocenters. The van der Waals surface area contributed by atoms with Crippen molar-refractivity contribution in [2.45, 2.75) is 6.54 Å². The minimum Gasteiger partial charge on any atom is -0.256 e. The van der Waals surface area contributed by atoms with E-state index in [1.165, 1.54) is 9.36 Å². The first-order valence-electron chi connectivity index (χ1n) is 7.24. The Hall–Kier alpha value is -3.28. The maximum absolute atomic E-state index is 12.5. The smallest absolute Gasteiger partial charge is 0.256 e. The fraction of sp³-hybridized carbons (Fsp3) is 0.0588. The van der Waals surface area contributed by atoms with E-state index in [0.29, 0.717) is 12.2 Å². The monoisotopic (exact) mass is 303 g/mol. The number of hydrogen-bond donors (Lipinski definition) is 0. The molecule has 0 aliphatic carbocycles. The van der Waals surface area contributed by atoms with Gasteiger partial charge in [-0.2, -0.15) is 9.36 Å². The summed E-state index contributed by atoms with van der Waals surface area (Å²) >= 11 is 0. The maximum Gasteiger partial charge on any atom is 0.368 e. The summed E-state index contributed by atoms with van der Waals surface area (Å²) in [7, 11) is 0. The van der Waals surface area contributed by atoms with Gasteiger partial charge in [0.1, 0.15) is 0 Å². The van der Waals surface area contributed by atoms with E-state index in [9.17, 15) is 4.79 Å². The molecule has 6 nitrogen and oxygen atoms in total. The van der Waals surface area contributed by atoms with Crippen molar-refractivity contribution in [1.82, 2.24) is 24.8 Å². The molecule has 0 unspecified atom stereocenters. The number of rotatable bonds is 3. The van der Waals surface area contributed by atoms with Crippen molar-refractivity contribution >= 4 is 10.9 Å². The van der Waals surface area contributed by atoms with Crippen molar-refractivity contribution in [2.24, 2.45) is 0 Å². The normalized spacial score (nSPS) is 11.0. The minimum absolute atomic E-state index is 0.274. The Balaban J connectivity index is 1.75. The summed E-state index contributed by atoms with van der Waals surface area (Å²) in [5.41, 5.74) is 2.23. The molecule has 0 N–H and O–H groups in total. The van der Waals surface area contributed by atoms with Crippen LogP contribution in [0.4, 0.5) is 0 Å². The lowest BCUT2D eigenvalue weighted by atomic mass is 10.1. The van der Waals surface area contributed by atoms with Crippen LogP contribution in [-0.2, 0) is 6.54 Å². The molecule has 2 heterocycles. The highest BCUT2D eigenvalue weighted by molar-refractivity contribution is 5.81. The van der Waals surface area contributed by atoms with E-state index in [4.69, 9.17) is 0 Å². The molecule has 0 fully saturated rings. The highest BCUT2D eigenvalue weighted by Crippen LogP contribution is 2.16. The van der Waals surface area contributed by atoms with Gasteiger partial charge in [0.25, 0.3) is 0 Å². The van der Waals surface area contributed by atoms with E-state index < -0.39 is 0 Å². The molecule has 4 rings (SSSR count). The van der Waals surface area contributed by atoms with E-state index in [0.717, 1.165) is 16.5 Å². The predicted molar refractivity (Wildman–Crippen MR) is 86.5 cm³/mol. The van der Waals surface area contributed by atoms with E-state index in [1.54, 1.807) is 6.20 Å². The fourth-order valence-electron chi connectivity index (χ4n) is 2.56. The van der Waals surface area contributed by atoms with Gasteiger partial charge in [-0.15, -0.1) is 0 Å². The number of hydrogen-bond acceptors (Lipinski definition) is 4. The topological polar surface area (TPSA) is 65.6 Å². The zero-order chi connectivity index (χ0) is 15.6. The van der Waals surface area contributed by atoms with Crippen molar-refractivity contribution < 1.29 is 0 Å². The summed E-state index contributed by atoms with van der Waals surface area (Å²) in [6.45, 7) is 0.333. The van der Waals surface area contributed by atoms with Crippen molar-refractivity contribution in [2.75, 3.05) is 0 Å². The average molecular weight is 303 g/mol. The van der Waals surface area contributed by atoms with Crippen LogP contribution in [-0.4, -0.2) is 24.8 Å². The van der Waals surface area contributed by atoms with Gasteiger partial charge in [0.2, 0.25) is 0 Å². The average Bonchev–Trinajstić information content (AvgIpc) is 2.97. The Kier molecular flexibility index (Phi) is 3.20. The van der Waals surface area contributed by atoms with Crippen LogP contribution in [0, 0.1) is 0 Å². The van der Waals surface area contributed by atoms with Gasteiger partial charge in [0.15, 0.2) is 0 Å². The molecule has 0 saturated heterocycles. The quantitative estimate of drug-likeness (QED) is 0.581. The van der Waals surface area contributed by atoms with Gasteiger partial charge >= 0.3 is 5.69 Å². The lowest BCUT2D eigenvalue weighted by molar-refractivity contribution is 0.633. The molecule has 6 heteroatoms. The third-order valence-electron chi connectivity index (χ3n) is 3.68. The van der Waals surface area contributed by atoms with Gasteiger partial charge in [-0.05, 0) is 28.6 Å². The third-order valence-corrected chi connectivity index (χ3v) is 3.68. The van der Waals surface area contributed by atoms with Crippen molar-refractivity contribution in [3.63, 3.8) is 0 Å². The Morgan fingerprint density at radius 3 is 2.57 bits per heavy atom. The van der Waals surface area contributed by atoms with Crippen LogP contribution in [0.3, 0.4) is 0 Å². The Morgan fingerprint density at radius 2 is 1.70 bits per heavy atom. The van der Waals surface area contributed by atoms with E-state index in [2.05, 4.69) is 15.4 Å². The van der Waals surface area contributed by atoms with Crippen LogP contribution in [0.5, 0.6) is 0 Å². The molecule has 23 heavy (non-hydrogen) atoms. The lowest BCUT2D eigenvalue weighted by Crippen LogP contribution is -2.24. The lowest BCUT2D eigenvalue weighted by Gasteiger charge is -2.04. The standard InChI is InChI=1S/C17H13N5O/c23-17-21(19-20-22(17)15-9-2-1-3-10-15)12-14-7-4-6-13-8-5-11-18-16(13)14/h1-11H,12H2. The molecule has 2 aromatic heterocycles. The van der Waals surface area contributed by atoms with Gasteiger partial charge in [0.05, 0.1) is 17.7 Å². The van der Waals surface area contributed by atoms with Gasteiger partial charge in [-0.1, -0.05) is 42.5 Å². The number of benzene rings is 2. The molecule has 0 spiro atoms. The largest absolute Gasteiger partial charge is 0.368 e. The molecule has 0 saturated carbocycles. The number of nitrogens with zero attached hydrogens (tertiary/aromatic N) is 5. The van der Waals surface area contributed by atoms with Crippen molar-refractivity contribution in [1.29, 1.82) is 0 Å². The van der Waals surface area contributed by atoms with Crippen LogP contribution in [0.1, 0.15) is 5.56 Å². The third kappa shape index (κ3) is 2.40. The fourth-order valence-corrected chi connectivity index (χ4v) is 2.56. The van der Waals surface area contributed by atoms with Gasteiger partial charge in [-0.25, -0.2) is 4.79 Å².